The molecule has 7 heteroatoms. The SMILES string of the molecule is CCN(CC)C(=O)c1cn([C@H]2CCCN(Cc3ccccc3Cl)C2)nn1. The largest absolute Gasteiger partial charge is 0.338 e. The molecule has 1 amide bonds. The standard InChI is InChI=1S/C19H26ClN5O/c1-3-24(4-2)19(26)18-14-25(22-21-18)16-9-7-11-23(13-16)12-15-8-5-6-10-17(15)20/h5-6,8,10,14,16H,3-4,7,9,11-13H2,1-2H3/t16-/m0/s1. The smallest absolute Gasteiger partial charge is 0.276 e. The summed E-state index contributed by atoms with van der Waals surface area (Å²) in [5, 5.41) is 9.16. The lowest BCUT2D eigenvalue weighted by Crippen LogP contribution is -2.36. The Bertz CT molecular complexity index is 743. The van der Waals surface area contributed by atoms with Crippen LogP contribution in [0.4, 0.5) is 0 Å². The van der Waals surface area contributed by atoms with Gasteiger partial charge in [0.25, 0.3) is 5.91 Å². The van der Waals surface area contributed by atoms with E-state index < -0.39 is 0 Å². The quantitative estimate of drug-likeness (QED) is 0.777. The molecule has 1 aromatic heterocycles. The summed E-state index contributed by atoms with van der Waals surface area (Å²) in [7, 11) is 0. The molecule has 1 atom stereocenters. The van der Waals surface area contributed by atoms with Gasteiger partial charge in [-0.3, -0.25) is 9.69 Å². The number of nitrogens with zero attached hydrogens (tertiary/aromatic N) is 5. The van der Waals surface area contributed by atoms with E-state index in [4.69, 9.17) is 11.6 Å². The van der Waals surface area contributed by atoms with Gasteiger partial charge < -0.3 is 4.90 Å². The third-order valence-corrected chi connectivity index (χ3v) is 5.36. The Morgan fingerprint density at radius 1 is 1.31 bits per heavy atom. The van der Waals surface area contributed by atoms with Crippen molar-refractivity contribution in [3.63, 3.8) is 0 Å². The van der Waals surface area contributed by atoms with Crippen LogP contribution in [0.2, 0.25) is 5.02 Å². The van der Waals surface area contributed by atoms with Gasteiger partial charge in [-0.15, -0.1) is 5.10 Å². The highest BCUT2D eigenvalue weighted by molar-refractivity contribution is 6.31. The van der Waals surface area contributed by atoms with Crippen molar-refractivity contribution in [2.45, 2.75) is 39.3 Å². The van der Waals surface area contributed by atoms with Gasteiger partial charge in [0.05, 0.1) is 12.2 Å². The van der Waals surface area contributed by atoms with Gasteiger partial charge in [0.15, 0.2) is 5.69 Å². The first-order chi connectivity index (χ1) is 12.6. The number of benzene rings is 1. The van der Waals surface area contributed by atoms with E-state index >= 15 is 0 Å². The summed E-state index contributed by atoms with van der Waals surface area (Å²) in [5.74, 6) is -0.0509. The second kappa shape index (κ2) is 8.64. The van der Waals surface area contributed by atoms with Gasteiger partial charge >= 0.3 is 0 Å². The monoisotopic (exact) mass is 375 g/mol. The average Bonchev–Trinajstić information content (AvgIpc) is 3.15. The van der Waals surface area contributed by atoms with Crippen LogP contribution >= 0.6 is 11.6 Å². The van der Waals surface area contributed by atoms with Crippen molar-refractivity contribution >= 4 is 17.5 Å². The third-order valence-electron chi connectivity index (χ3n) is 4.99. The van der Waals surface area contributed by atoms with E-state index in [1.807, 2.05) is 36.7 Å². The number of hydrogen-bond acceptors (Lipinski definition) is 4. The molecule has 1 aromatic carbocycles. The van der Waals surface area contributed by atoms with E-state index in [0.29, 0.717) is 18.8 Å². The summed E-state index contributed by atoms with van der Waals surface area (Å²) in [6.45, 7) is 8.05. The Kier molecular flexibility index (Phi) is 6.27. The second-order valence-corrected chi connectivity index (χ2v) is 7.09. The van der Waals surface area contributed by atoms with Crippen LogP contribution in [-0.2, 0) is 6.54 Å². The van der Waals surface area contributed by atoms with Crippen molar-refractivity contribution in [3.8, 4) is 0 Å². The Morgan fingerprint density at radius 3 is 2.81 bits per heavy atom. The molecule has 1 aliphatic heterocycles. The maximum Gasteiger partial charge on any atom is 0.276 e. The molecule has 0 unspecified atom stereocenters. The molecule has 0 spiro atoms. The maximum absolute atomic E-state index is 12.4. The van der Waals surface area contributed by atoms with Gasteiger partial charge in [-0.05, 0) is 44.9 Å². The first-order valence-corrected chi connectivity index (χ1v) is 9.67. The topological polar surface area (TPSA) is 54.3 Å². The van der Waals surface area contributed by atoms with Gasteiger partial charge in [-0.1, -0.05) is 35.0 Å². The van der Waals surface area contributed by atoms with Crippen molar-refractivity contribution in [1.82, 2.24) is 24.8 Å². The van der Waals surface area contributed by atoms with Crippen molar-refractivity contribution in [3.05, 3.63) is 46.7 Å². The fourth-order valence-corrected chi connectivity index (χ4v) is 3.68. The van der Waals surface area contributed by atoms with E-state index in [1.165, 1.54) is 0 Å². The number of halogens is 1. The summed E-state index contributed by atoms with van der Waals surface area (Å²) in [6.07, 6.45) is 3.93. The van der Waals surface area contributed by atoms with Crippen LogP contribution in [0.3, 0.4) is 0 Å². The van der Waals surface area contributed by atoms with Crippen molar-refractivity contribution in [2.75, 3.05) is 26.2 Å². The number of carbonyl (C=O) groups excluding carboxylic acids is 1. The number of likely N-dealkylation sites (tertiary alicyclic amines) is 1. The van der Waals surface area contributed by atoms with E-state index in [0.717, 1.165) is 43.1 Å². The molecule has 0 bridgehead atoms. The van der Waals surface area contributed by atoms with Gasteiger partial charge in [0.2, 0.25) is 0 Å². The Balaban J connectivity index is 1.66. The summed E-state index contributed by atoms with van der Waals surface area (Å²) >= 11 is 6.30. The lowest BCUT2D eigenvalue weighted by Gasteiger charge is -2.32. The molecular weight excluding hydrogens is 350 g/mol. The number of aromatic nitrogens is 3. The van der Waals surface area contributed by atoms with Crippen LogP contribution in [0.1, 0.15) is 48.8 Å². The predicted octanol–water partition coefficient (Wildman–Crippen LogP) is 3.25. The number of piperidine rings is 1. The Morgan fingerprint density at radius 2 is 2.08 bits per heavy atom. The zero-order valence-electron chi connectivity index (χ0n) is 15.4. The number of carbonyl (C=O) groups is 1. The molecule has 6 nitrogen and oxygen atoms in total. The van der Waals surface area contributed by atoms with Gasteiger partial charge in [0.1, 0.15) is 0 Å². The van der Waals surface area contributed by atoms with Crippen LogP contribution in [0.15, 0.2) is 30.5 Å². The second-order valence-electron chi connectivity index (χ2n) is 6.68. The molecule has 1 aliphatic rings. The lowest BCUT2D eigenvalue weighted by molar-refractivity contribution is 0.0767. The minimum atomic E-state index is -0.0509. The minimum Gasteiger partial charge on any atom is -0.338 e. The lowest BCUT2D eigenvalue weighted by atomic mass is 10.0. The summed E-state index contributed by atoms with van der Waals surface area (Å²) in [5.41, 5.74) is 1.57. The highest BCUT2D eigenvalue weighted by atomic mass is 35.5. The molecule has 1 fully saturated rings. The van der Waals surface area contributed by atoms with Crippen molar-refractivity contribution in [1.29, 1.82) is 0 Å². The maximum atomic E-state index is 12.4. The van der Waals surface area contributed by atoms with Crippen molar-refractivity contribution < 1.29 is 4.79 Å². The van der Waals surface area contributed by atoms with E-state index in [-0.39, 0.29) is 11.9 Å². The molecule has 0 aliphatic carbocycles. The predicted molar refractivity (Wildman–Crippen MR) is 102 cm³/mol. The molecule has 140 valence electrons. The molecule has 2 aromatic rings. The molecule has 2 heterocycles. The fraction of sp³-hybridized carbons (Fsp3) is 0.526. The highest BCUT2D eigenvalue weighted by Crippen LogP contribution is 2.24. The van der Waals surface area contributed by atoms with Crippen molar-refractivity contribution in [2.24, 2.45) is 0 Å². The molecule has 0 N–H and O–H groups in total. The highest BCUT2D eigenvalue weighted by Gasteiger charge is 2.24. The summed E-state index contributed by atoms with van der Waals surface area (Å²) in [6, 6.07) is 8.21. The first kappa shape index (κ1) is 18.9. The normalized spacial score (nSPS) is 18.0. The Hall–Kier alpha value is -1.92. The van der Waals surface area contributed by atoms with Crippen LogP contribution in [0.25, 0.3) is 0 Å². The zero-order valence-corrected chi connectivity index (χ0v) is 16.2. The molecule has 1 saturated heterocycles. The van der Waals surface area contributed by atoms with Crippen LogP contribution in [0.5, 0.6) is 0 Å². The van der Waals surface area contributed by atoms with E-state index in [9.17, 15) is 4.79 Å². The summed E-state index contributed by atoms with van der Waals surface area (Å²) < 4.78 is 1.86. The molecule has 3 rings (SSSR count). The minimum absolute atomic E-state index is 0.0509. The van der Waals surface area contributed by atoms with Gasteiger partial charge in [0, 0.05) is 31.2 Å². The molecular formula is C19H26ClN5O. The molecule has 0 radical (unpaired) electrons. The number of amides is 1. The van der Waals surface area contributed by atoms with E-state index in [2.05, 4.69) is 21.3 Å². The number of hydrogen-bond donors (Lipinski definition) is 0. The average molecular weight is 376 g/mol. The fourth-order valence-electron chi connectivity index (χ4n) is 3.48. The molecule has 0 saturated carbocycles. The van der Waals surface area contributed by atoms with Crippen LogP contribution in [0, 0.1) is 0 Å². The number of rotatable bonds is 6. The Labute approximate surface area is 159 Å². The van der Waals surface area contributed by atoms with Crippen LogP contribution < -0.4 is 0 Å². The van der Waals surface area contributed by atoms with Gasteiger partial charge in [-0.25, -0.2) is 4.68 Å². The first-order valence-electron chi connectivity index (χ1n) is 9.29. The zero-order chi connectivity index (χ0) is 18.5. The van der Waals surface area contributed by atoms with E-state index in [1.54, 1.807) is 11.1 Å². The third kappa shape index (κ3) is 4.24. The summed E-state index contributed by atoms with van der Waals surface area (Å²) in [4.78, 5) is 16.6. The molecule has 26 heavy (non-hydrogen) atoms. The van der Waals surface area contributed by atoms with Gasteiger partial charge in [-0.2, -0.15) is 0 Å². The van der Waals surface area contributed by atoms with Crippen LogP contribution in [-0.4, -0.2) is 56.9 Å².